The van der Waals surface area contributed by atoms with Gasteiger partial charge in [-0.15, -0.1) is 0 Å². The van der Waals surface area contributed by atoms with Gasteiger partial charge in [-0.05, 0) is 38.1 Å². The van der Waals surface area contributed by atoms with Crippen LogP contribution in [-0.2, 0) is 6.54 Å². The van der Waals surface area contributed by atoms with Gasteiger partial charge in [-0.2, -0.15) is 0 Å². The Balaban J connectivity index is 2.09. The standard InChI is InChI=1S/C17H21NO3/c1-12(2)21-17-7-5-4-6-15(17)18-11-13-8-9-14(20-3)10-16(13)19/h4-10,12,18-19H,11H2,1-3H3. The minimum absolute atomic E-state index is 0.113. The maximum atomic E-state index is 9.96. The van der Waals surface area contributed by atoms with Crippen LogP contribution in [-0.4, -0.2) is 18.3 Å². The van der Waals surface area contributed by atoms with Crippen LogP contribution in [0.25, 0.3) is 0 Å². The third kappa shape index (κ3) is 4.05. The molecule has 4 heteroatoms. The Morgan fingerprint density at radius 2 is 1.90 bits per heavy atom. The Morgan fingerprint density at radius 1 is 1.14 bits per heavy atom. The molecule has 0 spiro atoms. The lowest BCUT2D eigenvalue weighted by molar-refractivity contribution is 0.243. The molecule has 0 heterocycles. The van der Waals surface area contributed by atoms with E-state index in [1.54, 1.807) is 13.2 Å². The zero-order valence-electron chi connectivity index (χ0n) is 12.6. The number of phenols is 1. The Hall–Kier alpha value is -2.36. The van der Waals surface area contributed by atoms with Crippen molar-refractivity contribution in [1.29, 1.82) is 0 Å². The molecule has 0 aliphatic carbocycles. The summed E-state index contributed by atoms with van der Waals surface area (Å²) in [5, 5.41) is 13.3. The molecule has 0 saturated carbocycles. The summed E-state index contributed by atoms with van der Waals surface area (Å²) >= 11 is 0. The van der Waals surface area contributed by atoms with E-state index >= 15 is 0 Å². The highest BCUT2D eigenvalue weighted by atomic mass is 16.5. The molecule has 21 heavy (non-hydrogen) atoms. The van der Waals surface area contributed by atoms with Crippen LogP contribution in [0.1, 0.15) is 19.4 Å². The van der Waals surface area contributed by atoms with Crippen molar-refractivity contribution in [1.82, 2.24) is 0 Å². The van der Waals surface area contributed by atoms with Gasteiger partial charge in [0.05, 0.1) is 18.9 Å². The first-order valence-corrected chi connectivity index (χ1v) is 6.95. The zero-order chi connectivity index (χ0) is 15.2. The molecule has 0 fully saturated rings. The van der Waals surface area contributed by atoms with E-state index in [1.807, 2.05) is 50.2 Å². The number of methoxy groups -OCH3 is 1. The molecule has 112 valence electrons. The van der Waals surface area contributed by atoms with Crippen LogP contribution in [0.5, 0.6) is 17.2 Å². The molecule has 0 atom stereocenters. The van der Waals surface area contributed by atoms with Crippen molar-refractivity contribution < 1.29 is 14.6 Å². The Morgan fingerprint density at radius 3 is 2.57 bits per heavy atom. The van der Waals surface area contributed by atoms with Crippen molar-refractivity contribution in [3.63, 3.8) is 0 Å². The molecular weight excluding hydrogens is 266 g/mol. The molecule has 0 unspecified atom stereocenters. The average molecular weight is 287 g/mol. The van der Waals surface area contributed by atoms with Crippen molar-refractivity contribution in [3.05, 3.63) is 48.0 Å². The second-order valence-corrected chi connectivity index (χ2v) is 5.01. The van der Waals surface area contributed by atoms with E-state index in [-0.39, 0.29) is 11.9 Å². The van der Waals surface area contributed by atoms with E-state index in [2.05, 4.69) is 5.32 Å². The van der Waals surface area contributed by atoms with E-state index < -0.39 is 0 Å². The highest BCUT2D eigenvalue weighted by Crippen LogP contribution is 2.28. The van der Waals surface area contributed by atoms with Crippen molar-refractivity contribution in [2.24, 2.45) is 0 Å². The molecule has 2 rings (SSSR count). The van der Waals surface area contributed by atoms with E-state index in [4.69, 9.17) is 9.47 Å². The summed E-state index contributed by atoms with van der Waals surface area (Å²) in [6.45, 7) is 4.49. The van der Waals surface area contributed by atoms with E-state index in [0.29, 0.717) is 12.3 Å². The smallest absolute Gasteiger partial charge is 0.142 e. The molecule has 2 N–H and O–H groups in total. The fourth-order valence-electron chi connectivity index (χ4n) is 1.98. The molecule has 0 radical (unpaired) electrons. The number of rotatable bonds is 6. The van der Waals surface area contributed by atoms with Gasteiger partial charge in [-0.3, -0.25) is 0 Å². The van der Waals surface area contributed by atoms with Gasteiger partial charge >= 0.3 is 0 Å². The van der Waals surface area contributed by atoms with Crippen LogP contribution in [0.15, 0.2) is 42.5 Å². The summed E-state index contributed by atoms with van der Waals surface area (Å²) in [7, 11) is 1.58. The zero-order valence-corrected chi connectivity index (χ0v) is 12.6. The molecule has 0 saturated heterocycles. The number of hydrogen-bond donors (Lipinski definition) is 2. The van der Waals surface area contributed by atoms with Crippen molar-refractivity contribution in [3.8, 4) is 17.2 Å². The minimum atomic E-state index is 0.113. The minimum Gasteiger partial charge on any atom is -0.507 e. The van der Waals surface area contributed by atoms with Gasteiger partial charge in [0, 0.05) is 18.2 Å². The lowest BCUT2D eigenvalue weighted by Crippen LogP contribution is -2.08. The van der Waals surface area contributed by atoms with Crippen LogP contribution in [0.4, 0.5) is 5.69 Å². The molecule has 0 bridgehead atoms. The predicted octanol–water partition coefficient (Wildman–Crippen LogP) is 3.80. The lowest BCUT2D eigenvalue weighted by atomic mass is 10.2. The number of benzene rings is 2. The number of hydrogen-bond acceptors (Lipinski definition) is 4. The first-order chi connectivity index (χ1) is 10.1. The van der Waals surface area contributed by atoms with Crippen LogP contribution in [0.3, 0.4) is 0 Å². The van der Waals surface area contributed by atoms with Gasteiger partial charge in [0.2, 0.25) is 0 Å². The van der Waals surface area contributed by atoms with Crippen LogP contribution in [0.2, 0.25) is 0 Å². The van der Waals surface area contributed by atoms with Crippen molar-refractivity contribution >= 4 is 5.69 Å². The summed E-state index contributed by atoms with van der Waals surface area (Å²) in [6.07, 6.45) is 0.113. The normalized spacial score (nSPS) is 10.5. The molecular formula is C17H21NO3. The first-order valence-electron chi connectivity index (χ1n) is 6.95. The van der Waals surface area contributed by atoms with Crippen molar-refractivity contribution in [2.75, 3.05) is 12.4 Å². The van der Waals surface area contributed by atoms with Gasteiger partial charge in [0.1, 0.15) is 17.2 Å². The monoisotopic (exact) mass is 287 g/mol. The maximum absolute atomic E-state index is 9.96. The highest BCUT2D eigenvalue weighted by molar-refractivity contribution is 5.57. The molecule has 0 aliphatic rings. The molecule has 0 aromatic heterocycles. The number of para-hydroxylation sites is 2. The van der Waals surface area contributed by atoms with Gasteiger partial charge < -0.3 is 19.9 Å². The van der Waals surface area contributed by atoms with Gasteiger partial charge in [-0.1, -0.05) is 12.1 Å². The molecule has 4 nitrogen and oxygen atoms in total. The molecule has 0 aliphatic heterocycles. The second-order valence-electron chi connectivity index (χ2n) is 5.01. The van der Waals surface area contributed by atoms with Gasteiger partial charge in [0.15, 0.2) is 0 Å². The Bertz CT molecular complexity index is 596. The average Bonchev–Trinajstić information content (AvgIpc) is 2.46. The van der Waals surface area contributed by atoms with E-state index in [0.717, 1.165) is 17.0 Å². The predicted molar refractivity (Wildman–Crippen MR) is 84.2 cm³/mol. The number of phenolic OH excluding ortho intramolecular Hbond substituents is 1. The fraction of sp³-hybridized carbons (Fsp3) is 0.294. The quantitative estimate of drug-likeness (QED) is 0.848. The maximum Gasteiger partial charge on any atom is 0.142 e. The van der Waals surface area contributed by atoms with Crippen molar-refractivity contribution in [2.45, 2.75) is 26.5 Å². The Kier molecular flexibility index (Phi) is 4.93. The highest BCUT2D eigenvalue weighted by Gasteiger charge is 2.07. The van der Waals surface area contributed by atoms with E-state index in [1.165, 1.54) is 0 Å². The van der Waals surface area contributed by atoms with Crippen LogP contribution < -0.4 is 14.8 Å². The number of ether oxygens (including phenoxy) is 2. The topological polar surface area (TPSA) is 50.7 Å². The SMILES string of the molecule is COc1ccc(CNc2ccccc2OC(C)C)c(O)c1. The van der Waals surface area contributed by atoms with Crippen LogP contribution >= 0.6 is 0 Å². The van der Waals surface area contributed by atoms with E-state index in [9.17, 15) is 5.11 Å². The molecule has 2 aromatic rings. The first kappa shape index (κ1) is 15.0. The summed E-state index contributed by atoms with van der Waals surface area (Å²) in [4.78, 5) is 0. The summed E-state index contributed by atoms with van der Waals surface area (Å²) in [5.74, 6) is 1.66. The third-order valence-electron chi connectivity index (χ3n) is 3.01. The third-order valence-corrected chi connectivity index (χ3v) is 3.01. The second kappa shape index (κ2) is 6.88. The number of anilines is 1. The number of aromatic hydroxyl groups is 1. The number of nitrogens with one attached hydrogen (secondary N) is 1. The lowest BCUT2D eigenvalue weighted by Gasteiger charge is -2.16. The van der Waals surface area contributed by atoms with Gasteiger partial charge in [-0.25, -0.2) is 0 Å². The van der Waals surface area contributed by atoms with Gasteiger partial charge in [0.25, 0.3) is 0 Å². The van der Waals surface area contributed by atoms with Crippen LogP contribution in [0, 0.1) is 0 Å². The summed E-state index contributed by atoms with van der Waals surface area (Å²) < 4.78 is 10.8. The molecule has 0 amide bonds. The fourth-order valence-corrected chi connectivity index (χ4v) is 1.98. The summed E-state index contributed by atoms with van der Waals surface area (Å²) in [6, 6.07) is 13.0. The Labute approximate surface area is 125 Å². The largest absolute Gasteiger partial charge is 0.507 e. The molecule has 2 aromatic carbocycles. The summed E-state index contributed by atoms with van der Waals surface area (Å²) in [5.41, 5.74) is 1.71.